The van der Waals surface area contributed by atoms with Gasteiger partial charge < -0.3 is 14.8 Å². The average Bonchev–Trinajstić information content (AvgIpc) is 3.40. The lowest BCUT2D eigenvalue weighted by Crippen LogP contribution is -2.56. The summed E-state index contributed by atoms with van der Waals surface area (Å²) >= 11 is 1.51. The minimum absolute atomic E-state index is 0.0427. The van der Waals surface area contributed by atoms with Crippen molar-refractivity contribution in [3.05, 3.63) is 16.1 Å². The van der Waals surface area contributed by atoms with E-state index in [4.69, 9.17) is 9.47 Å². The fraction of sp³-hybridized carbons (Fsp3) is 0.833. The molecule has 1 amide bonds. The Hall–Kier alpha value is -1.55. The number of likely N-dealkylation sites (N-methyl/N-ethyl adjacent to an activating group) is 1. The number of thiazole rings is 1. The zero-order valence-corrected chi connectivity index (χ0v) is 26.4. The summed E-state index contributed by atoms with van der Waals surface area (Å²) in [6.45, 7) is 14.2. The topological polar surface area (TPSA) is 84.0 Å². The van der Waals surface area contributed by atoms with Gasteiger partial charge in [0.25, 0.3) is 0 Å². The molecule has 0 saturated carbocycles. The van der Waals surface area contributed by atoms with Crippen LogP contribution in [0.4, 0.5) is 0 Å². The molecule has 1 fully saturated rings. The van der Waals surface area contributed by atoms with E-state index >= 15 is 0 Å². The number of rotatable bonds is 18. The zero-order chi connectivity index (χ0) is 28.8. The number of carbonyl (C=O) groups excluding carboxylic acids is 2. The molecule has 1 aromatic heterocycles. The summed E-state index contributed by atoms with van der Waals surface area (Å²) in [6, 6.07) is 0.255. The quantitative estimate of drug-likeness (QED) is 0.145. The first kappa shape index (κ1) is 33.7. The molecule has 1 aromatic rings. The number of ether oxygens (including phenoxy) is 2. The highest BCUT2D eigenvalue weighted by atomic mass is 32.1. The van der Waals surface area contributed by atoms with Gasteiger partial charge in [-0.05, 0) is 51.1 Å². The van der Waals surface area contributed by atoms with Crippen molar-refractivity contribution in [1.29, 1.82) is 0 Å². The van der Waals surface area contributed by atoms with E-state index < -0.39 is 5.97 Å². The summed E-state index contributed by atoms with van der Waals surface area (Å²) in [6.07, 6.45) is 9.27. The molecule has 1 aliphatic rings. The molecule has 0 radical (unpaired) electrons. The van der Waals surface area contributed by atoms with Crippen molar-refractivity contribution in [3.8, 4) is 0 Å². The van der Waals surface area contributed by atoms with Crippen molar-refractivity contribution in [2.45, 2.75) is 111 Å². The molecule has 2 heterocycles. The van der Waals surface area contributed by atoms with E-state index in [1.165, 1.54) is 31.3 Å². The van der Waals surface area contributed by atoms with Crippen LogP contribution in [0.25, 0.3) is 0 Å². The second-order valence-electron chi connectivity index (χ2n) is 11.5. The molecule has 4 unspecified atom stereocenters. The predicted molar refractivity (Wildman–Crippen MR) is 159 cm³/mol. The second kappa shape index (κ2) is 18.0. The smallest absolute Gasteiger partial charge is 0.357 e. The van der Waals surface area contributed by atoms with Crippen molar-refractivity contribution in [2.24, 2.45) is 11.8 Å². The first-order valence-electron chi connectivity index (χ1n) is 15.1. The van der Waals surface area contributed by atoms with Gasteiger partial charge in [-0.1, -0.05) is 60.3 Å². The molecule has 0 spiro atoms. The third-order valence-electron chi connectivity index (χ3n) is 8.15. The molecule has 1 aliphatic heterocycles. The minimum atomic E-state index is -0.393. The number of nitrogens with one attached hydrogen (secondary N) is 1. The van der Waals surface area contributed by atoms with Crippen LogP contribution in [-0.2, 0) is 20.7 Å². The van der Waals surface area contributed by atoms with E-state index in [0.29, 0.717) is 24.3 Å². The zero-order valence-electron chi connectivity index (χ0n) is 25.5. The van der Waals surface area contributed by atoms with Crippen LogP contribution in [0.5, 0.6) is 0 Å². The van der Waals surface area contributed by atoms with Gasteiger partial charge in [-0.3, -0.25) is 14.6 Å². The van der Waals surface area contributed by atoms with Crippen molar-refractivity contribution < 1.29 is 19.1 Å². The number of aryl methyl sites for hydroxylation is 1. The Labute approximate surface area is 241 Å². The maximum Gasteiger partial charge on any atom is 0.357 e. The molecule has 1 N–H and O–H groups in total. The second-order valence-corrected chi connectivity index (χ2v) is 12.4. The average molecular weight is 567 g/mol. The van der Waals surface area contributed by atoms with Crippen LogP contribution in [0.1, 0.15) is 101 Å². The highest BCUT2D eigenvalue weighted by Gasteiger charge is 2.32. The monoisotopic (exact) mass is 566 g/mol. The van der Waals surface area contributed by atoms with Gasteiger partial charge in [-0.2, -0.15) is 0 Å². The Kier molecular flexibility index (Phi) is 15.5. The largest absolute Gasteiger partial charge is 0.464 e. The number of amides is 1. The van der Waals surface area contributed by atoms with E-state index in [-0.39, 0.29) is 24.0 Å². The van der Waals surface area contributed by atoms with Crippen LogP contribution in [-0.4, -0.2) is 85.4 Å². The van der Waals surface area contributed by atoms with E-state index in [1.807, 2.05) is 0 Å². The molecule has 1 saturated heterocycles. The summed E-state index contributed by atoms with van der Waals surface area (Å²) in [4.78, 5) is 34.4. The van der Waals surface area contributed by atoms with E-state index in [1.54, 1.807) is 5.38 Å². The highest BCUT2D eigenvalue weighted by molar-refractivity contribution is 7.09. The molecule has 8 nitrogen and oxygen atoms in total. The molecule has 0 aromatic carbocycles. The van der Waals surface area contributed by atoms with E-state index in [0.717, 1.165) is 69.6 Å². The third kappa shape index (κ3) is 11.1. The fourth-order valence-corrected chi connectivity index (χ4v) is 6.13. The molecule has 2 rings (SSSR count). The number of carbonyl (C=O) groups is 2. The highest BCUT2D eigenvalue weighted by Crippen LogP contribution is 2.23. The van der Waals surface area contributed by atoms with E-state index in [2.05, 4.69) is 61.8 Å². The van der Waals surface area contributed by atoms with Gasteiger partial charge in [0, 0.05) is 37.0 Å². The molecule has 39 heavy (non-hydrogen) atoms. The maximum absolute atomic E-state index is 13.4. The van der Waals surface area contributed by atoms with Crippen molar-refractivity contribution >= 4 is 23.2 Å². The van der Waals surface area contributed by atoms with Crippen LogP contribution in [0, 0.1) is 11.8 Å². The first-order chi connectivity index (χ1) is 18.7. The summed E-state index contributed by atoms with van der Waals surface area (Å²) in [7, 11) is 3.45. The van der Waals surface area contributed by atoms with Crippen LogP contribution in [0.2, 0.25) is 0 Å². The summed E-state index contributed by atoms with van der Waals surface area (Å²) < 4.78 is 11.0. The van der Waals surface area contributed by atoms with Gasteiger partial charge >= 0.3 is 5.97 Å². The number of hydrogen-bond acceptors (Lipinski definition) is 8. The Morgan fingerprint density at radius 2 is 2.00 bits per heavy atom. The van der Waals surface area contributed by atoms with Gasteiger partial charge in [-0.15, -0.1) is 11.3 Å². The Morgan fingerprint density at radius 1 is 1.23 bits per heavy atom. The number of piperidine rings is 1. The molecule has 224 valence electrons. The number of hydrogen-bond donors (Lipinski definition) is 1. The molecule has 0 aliphatic carbocycles. The minimum Gasteiger partial charge on any atom is -0.464 e. The molecule has 4 atom stereocenters. The normalized spacial score (nSPS) is 18.7. The first-order valence-corrected chi connectivity index (χ1v) is 15.9. The third-order valence-corrected chi connectivity index (χ3v) is 9.06. The van der Waals surface area contributed by atoms with Crippen LogP contribution >= 0.6 is 11.3 Å². The summed E-state index contributed by atoms with van der Waals surface area (Å²) in [5.41, 5.74) is 0.377. The lowest BCUT2D eigenvalue weighted by atomic mass is 9.93. The van der Waals surface area contributed by atoms with Crippen LogP contribution < -0.4 is 5.32 Å². The Morgan fingerprint density at radius 3 is 2.64 bits per heavy atom. The summed E-state index contributed by atoms with van der Waals surface area (Å²) in [5, 5.41) is 6.18. The lowest BCUT2D eigenvalue weighted by molar-refractivity contribution is -0.128. The van der Waals surface area contributed by atoms with Crippen LogP contribution in [0.3, 0.4) is 0 Å². The number of unbranched alkanes of at least 4 members (excludes halogenated alkanes) is 2. The lowest BCUT2D eigenvalue weighted by Gasteiger charge is -2.39. The van der Waals surface area contributed by atoms with Gasteiger partial charge in [0.15, 0.2) is 5.69 Å². The molecular weight excluding hydrogens is 512 g/mol. The maximum atomic E-state index is 13.4. The Balaban J connectivity index is 2.17. The van der Waals surface area contributed by atoms with Crippen molar-refractivity contribution in [1.82, 2.24) is 20.1 Å². The van der Waals surface area contributed by atoms with Gasteiger partial charge in [0.2, 0.25) is 5.91 Å². The predicted octanol–water partition coefficient (Wildman–Crippen LogP) is 5.37. The van der Waals surface area contributed by atoms with Gasteiger partial charge in [0.1, 0.15) is 0 Å². The van der Waals surface area contributed by atoms with Crippen LogP contribution in [0.15, 0.2) is 5.38 Å². The number of esters is 1. The molecular formula is C30H54N4O4S. The van der Waals surface area contributed by atoms with E-state index in [9.17, 15) is 9.59 Å². The summed E-state index contributed by atoms with van der Waals surface area (Å²) in [5.74, 6) is 0.503. The number of likely N-dealkylation sites (tertiary alicyclic amines) is 1. The SMILES string of the molecule is CCCCCOCN(CC(NC(=O)C1CCCCN1C)C(C)CC)C(CCc1nc(C(=O)OC)cs1)C(C)C. The number of aromatic nitrogens is 1. The standard InChI is InChI=1S/C30H54N4O4S/c1-8-10-13-18-38-21-34(26(22(3)4)15-16-28-31-25(20-39-28)30(36)37-7)19-24(23(5)9-2)32-29(35)27-14-11-12-17-33(27)6/h20,22-24,26-27H,8-19,21H2,1-7H3,(H,32,35). The van der Waals surface area contributed by atoms with Gasteiger partial charge in [0.05, 0.1) is 24.9 Å². The van der Waals surface area contributed by atoms with Crippen molar-refractivity contribution in [3.63, 3.8) is 0 Å². The molecule has 9 heteroatoms. The number of methoxy groups -OCH3 is 1. The van der Waals surface area contributed by atoms with Crippen molar-refractivity contribution in [2.75, 3.05) is 40.6 Å². The Bertz CT molecular complexity index is 849. The molecule has 0 bridgehead atoms. The fourth-order valence-electron chi connectivity index (χ4n) is 5.34. The number of nitrogens with zero attached hydrogens (tertiary/aromatic N) is 3. The van der Waals surface area contributed by atoms with Gasteiger partial charge in [-0.25, -0.2) is 9.78 Å².